The highest BCUT2D eigenvalue weighted by atomic mass is 79.9. The standard InChI is InChI=1S/C12H15BrFNO/c1-2-5-15-8-11(16)6-9-3-4-10(14)7-12(9)13/h3-4,7,15H,2,5-6,8H2,1H3. The molecule has 0 saturated carbocycles. The van der Waals surface area contributed by atoms with E-state index in [1.165, 1.54) is 12.1 Å². The number of rotatable bonds is 6. The molecule has 2 nitrogen and oxygen atoms in total. The Bertz CT molecular complexity index is 368. The summed E-state index contributed by atoms with van der Waals surface area (Å²) < 4.78 is 13.5. The molecular formula is C12H15BrFNO. The molecule has 0 spiro atoms. The Labute approximate surface area is 103 Å². The monoisotopic (exact) mass is 287 g/mol. The molecular weight excluding hydrogens is 273 g/mol. The maximum absolute atomic E-state index is 12.8. The molecule has 1 aromatic rings. The highest BCUT2D eigenvalue weighted by molar-refractivity contribution is 9.10. The minimum Gasteiger partial charge on any atom is -0.310 e. The summed E-state index contributed by atoms with van der Waals surface area (Å²) in [7, 11) is 0. The smallest absolute Gasteiger partial charge is 0.151 e. The van der Waals surface area contributed by atoms with Crippen molar-refractivity contribution in [3.05, 3.63) is 34.1 Å². The molecule has 4 heteroatoms. The van der Waals surface area contributed by atoms with E-state index < -0.39 is 0 Å². The lowest BCUT2D eigenvalue weighted by molar-refractivity contribution is -0.117. The molecule has 16 heavy (non-hydrogen) atoms. The zero-order valence-corrected chi connectivity index (χ0v) is 10.8. The van der Waals surface area contributed by atoms with Gasteiger partial charge in [-0.2, -0.15) is 0 Å². The van der Waals surface area contributed by atoms with Crippen molar-refractivity contribution in [1.82, 2.24) is 5.32 Å². The summed E-state index contributed by atoms with van der Waals surface area (Å²) in [5.74, 6) is -0.187. The van der Waals surface area contributed by atoms with E-state index in [0.717, 1.165) is 18.5 Å². The SMILES string of the molecule is CCCNCC(=O)Cc1ccc(F)cc1Br. The summed E-state index contributed by atoms with van der Waals surface area (Å²) in [6.07, 6.45) is 1.34. The average molecular weight is 288 g/mol. The first kappa shape index (κ1) is 13.3. The Morgan fingerprint density at radius 1 is 1.50 bits per heavy atom. The van der Waals surface area contributed by atoms with E-state index in [9.17, 15) is 9.18 Å². The first-order valence-electron chi connectivity index (χ1n) is 5.29. The van der Waals surface area contributed by atoms with Crippen molar-refractivity contribution in [3.63, 3.8) is 0 Å². The fraction of sp³-hybridized carbons (Fsp3) is 0.417. The van der Waals surface area contributed by atoms with Gasteiger partial charge >= 0.3 is 0 Å². The lowest BCUT2D eigenvalue weighted by Crippen LogP contribution is -2.24. The number of carbonyl (C=O) groups is 1. The van der Waals surface area contributed by atoms with E-state index in [1.807, 2.05) is 6.92 Å². The van der Waals surface area contributed by atoms with Crippen molar-refractivity contribution in [2.24, 2.45) is 0 Å². The van der Waals surface area contributed by atoms with Crippen LogP contribution in [0.3, 0.4) is 0 Å². The molecule has 0 radical (unpaired) electrons. The highest BCUT2D eigenvalue weighted by Crippen LogP contribution is 2.18. The third kappa shape index (κ3) is 4.41. The summed E-state index contributed by atoms with van der Waals surface area (Å²) in [5, 5.41) is 3.05. The Balaban J connectivity index is 2.49. The van der Waals surface area contributed by atoms with Gasteiger partial charge in [-0.05, 0) is 30.7 Å². The number of carbonyl (C=O) groups excluding carboxylic acids is 1. The Morgan fingerprint density at radius 2 is 2.25 bits per heavy atom. The normalized spacial score (nSPS) is 10.4. The van der Waals surface area contributed by atoms with Crippen LogP contribution in [-0.2, 0) is 11.2 Å². The molecule has 0 atom stereocenters. The zero-order chi connectivity index (χ0) is 12.0. The molecule has 0 aromatic heterocycles. The summed E-state index contributed by atoms with van der Waals surface area (Å²) >= 11 is 3.24. The number of ketones is 1. The van der Waals surface area contributed by atoms with Gasteiger partial charge in [0.15, 0.2) is 5.78 Å². The van der Waals surface area contributed by atoms with Gasteiger partial charge in [-0.25, -0.2) is 4.39 Å². The van der Waals surface area contributed by atoms with E-state index in [4.69, 9.17) is 0 Å². The van der Waals surface area contributed by atoms with E-state index in [-0.39, 0.29) is 11.6 Å². The van der Waals surface area contributed by atoms with Gasteiger partial charge in [0.05, 0.1) is 6.54 Å². The molecule has 88 valence electrons. The van der Waals surface area contributed by atoms with Crippen LogP contribution in [0.2, 0.25) is 0 Å². The third-order valence-electron chi connectivity index (χ3n) is 2.15. The first-order chi connectivity index (χ1) is 7.63. The molecule has 1 rings (SSSR count). The van der Waals surface area contributed by atoms with Crippen molar-refractivity contribution < 1.29 is 9.18 Å². The second-order valence-electron chi connectivity index (χ2n) is 3.63. The first-order valence-corrected chi connectivity index (χ1v) is 6.09. The molecule has 0 bridgehead atoms. The lowest BCUT2D eigenvalue weighted by atomic mass is 10.1. The van der Waals surface area contributed by atoms with Crippen LogP contribution in [0.15, 0.2) is 22.7 Å². The summed E-state index contributed by atoms with van der Waals surface area (Å²) in [5.41, 5.74) is 0.824. The van der Waals surface area contributed by atoms with Crippen molar-refractivity contribution >= 4 is 21.7 Å². The maximum Gasteiger partial charge on any atom is 0.151 e. The summed E-state index contributed by atoms with van der Waals surface area (Å²) in [6, 6.07) is 4.38. The van der Waals surface area contributed by atoms with Gasteiger partial charge in [0.2, 0.25) is 0 Å². The molecule has 0 aliphatic rings. The second kappa shape index (κ2) is 6.76. The van der Waals surface area contributed by atoms with Gasteiger partial charge in [-0.15, -0.1) is 0 Å². The van der Waals surface area contributed by atoms with Crippen LogP contribution in [-0.4, -0.2) is 18.9 Å². The summed E-state index contributed by atoms with van der Waals surface area (Å²) in [6.45, 7) is 3.27. The average Bonchev–Trinajstić information content (AvgIpc) is 2.23. The molecule has 0 amide bonds. The number of nitrogens with one attached hydrogen (secondary N) is 1. The van der Waals surface area contributed by atoms with Gasteiger partial charge in [0, 0.05) is 10.9 Å². The zero-order valence-electron chi connectivity index (χ0n) is 9.22. The van der Waals surface area contributed by atoms with Crippen molar-refractivity contribution in [3.8, 4) is 0 Å². The van der Waals surface area contributed by atoms with E-state index in [0.29, 0.717) is 17.4 Å². The number of hydrogen-bond donors (Lipinski definition) is 1. The maximum atomic E-state index is 12.8. The van der Waals surface area contributed by atoms with Crippen LogP contribution < -0.4 is 5.32 Å². The molecule has 0 heterocycles. The van der Waals surface area contributed by atoms with Gasteiger partial charge in [-0.3, -0.25) is 4.79 Å². The Hall–Kier alpha value is -0.740. The van der Waals surface area contributed by atoms with Crippen molar-refractivity contribution in [2.45, 2.75) is 19.8 Å². The van der Waals surface area contributed by atoms with Crippen LogP contribution in [0, 0.1) is 5.82 Å². The minimum absolute atomic E-state index is 0.112. The van der Waals surface area contributed by atoms with Crippen LogP contribution in [0.25, 0.3) is 0 Å². The van der Waals surface area contributed by atoms with Gasteiger partial charge in [0.25, 0.3) is 0 Å². The van der Waals surface area contributed by atoms with Crippen LogP contribution >= 0.6 is 15.9 Å². The predicted molar refractivity (Wildman–Crippen MR) is 66.0 cm³/mol. The fourth-order valence-electron chi connectivity index (χ4n) is 1.34. The fourth-order valence-corrected chi connectivity index (χ4v) is 1.84. The quantitative estimate of drug-likeness (QED) is 0.815. The van der Waals surface area contributed by atoms with E-state index >= 15 is 0 Å². The van der Waals surface area contributed by atoms with Crippen LogP contribution in [0.5, 0.6) is 0 Å². The van der Waals surface area contributed by atoms with Crippen molar-refractivity contribution in [2.75, 3.05) is 13.1 Å². The van der Waals surface area contributed by atoms with Crippen LogP contribution in [0.1, 0.15) is 18.9 Å². The Kier molecular flexibility index (Phi) is 5.63. The number of halogens is 2. The Morgan fingerprint density at radius 3 is 2.88 bits per heavy atom. The number of benzene rings is 1. The molecule has 0 fully saturated rings. The minimum atomic E-state index is -0.299. The summed E-state index contributed by atoms with van der Waals surface area (Å²) in [4.78, 5) is 11.5. The molecule has 0 aliphatic heterocycles. The molecule has 0 aliphatic carbocycles. The van der Waals surface area contributed by atoms with Crippen LogP contribution in [0.4, 0.5) is 4.39 Å². The lowest BCUT2D eigenvalue weighted by Gasteiger charge is -2.05. The predicted octanol–water partition coefficient (Wildman–Crippen LogP) is 2.70. The molecule has 1 N–H and O–H groups in total. The molecule has 1 aromatic carbocycles. The van der Waals surface area contributed by atoms with Gasteiger partial charge < -0.3 is 5.32 Å². The third-order valence-corrected chi connectivity index (χ3v) is 2.89. The second-order valence-corrected chi connectivity index (χ2v) is 4.48. The number of hydrogen-bond acceptors (Lipinski definition) is 2. The van der Waals surface area contributed by atoms with E-state index in [1.54, 1.807) is 6.07 Å². The van der Waals surface area contributed by atoms with Gasteiger partial charge in [-0.1, -0.05) is 28.9 Å². The van der Waals surface area contributed by atoms with Gasteiger partial charge in [0.1, 0.15) is 5.82 Å². The molecule has 0 unspecified atom stereocenters. The van der Waals surface area contributed by atoms with Crippen molar-refractivity contribution in [1.29, 1.82) is 0 Å². The molecule has 0 saturated heterocycles. The number of Topliss-reactive ketones (excluding diaryl/α,β-unsaturated/α-hetero) is 1. The topological polar surface area (TPSA) is 29.1 Å². The largest absolute Gasteiger partial charge is 0.310 e. The van der Waals surface area contributed by atoms with E-state index in [2.05, 4.69) is 21.2 Å². The highest BCUT2D eigenvalue weighted by Gasteiger charge is 2.07.